The van der Waals surface area contributed by atoms with Gasteiger partial charge in [0.1, 0.15) is 0 Å². The summed E-state index contributed by atoms with van der Waals surface area (Å²) in [5.74, 6) is 3.06. The normalized spacial score (nSPS) is 36.8. The second kappa shape index (κ2) is 4.89. The quantitative estimate of drug-likeness (QED) is 0.591. The fourth-order valence-electron chi connectivity index (χ4n) is 2.52. The summed E-state index contributed by atoms with van der Waals surface area (Å²) in [4.78, 5) is 0. The van der Waals surface area contributed by atoms with Crippen molar-refractivity contribution in [2.45, 2.75) is 59.3 Å². The molecule has 1 fully saturated rings. The van der Waals surface area contributed by atoms with Gasteiger partial charge in [0.2, 0.25) is 0 Å². The average Bonchev–Trinajstić information content (AvgIpc) is 2.07. The van der Waals surface area contributed by atoms with E-state index < -0.39 is 0 Å². The zero-order valence-electron chi connectivity index (χ0n) is 8.97. The fourth-order valence-corrected chi connectivity index (χ4v) is 2.52. The molecule has 0 bridgehead atoms. The van der Waals surface area contributed by atoms with Crippen LogP contribution >= 0.6 is 0 Å². The van der Waals surface area contributed by atoms with E-state index in [0.29, 0.717) is 0 Å². The highest BCUT2D eigenvalue weighted by Crippen LogP contribution is 2.36. The Bertz CT molecular complexity index is 117. The Morgan fingerprint density at radius 2 is 1.92 bits per heavy atom. The minimum absolute atomic E-state index is 1.00. The molecule has 1 aliphatic carbocycles. The van der Waals surface area contributed by atoms with Crippen LogP contribution in [0.2, 0.25) is 0 Å². The van der Waals surface area contributed by atoms with Crippen LogP contribution in [0, 0.1) is 17.8 Å². The molecule has 0 aromatic heterocycles. The first-order chi connectivity index (χ1) is 5.74. The van der Waals surface area contributed by atoms with E-state index in [1.54, 1.807) is 0 Å². The van der Waals surface area contributed by atoms with Crippen molar-refractivity contribution < 1.29 is 0 Å². The lowest BCUT2D eigenvalue weighted by Gasteiger charge is -2.32. The van der Waals surface area contributed by atoms with Crippen LogP contribution in [0.15, 0.2) is 0 Å². The van der Waals surface area contributed by atoms with Crippen LogP contribution in [-0.2, 0) is 0 Å². The Labute approximate surface area is 77.7 Å². The third-order valence-corrected chi connectivity index (χ3v) is 3.55. The molecule has 0 nitrogen and oxygen atoms in total. The molecule has 0 aliphatic heterocycles. The molecular formula is C12H24. The Morgan fingerprint density at radius 1 is 1.17 bits per heavy atom. The minimum Gasteiger partial charge on any atom is -0.0654 e. The summed E-state index contributed by atoms with van der Waals surface area (Å²) in [5.41, 5.74) is 0. The summed E-state index contributed by atoms with van der Waals surface area (Å²) in [5, 5.41) is 0. The van der Waals surface area contributed by atoms with E-state index in [1.165, 1.54) is 38.5 Å². The van der Waals surface area contributed by atoms with Gasteiger partial charge in [-0.3, -0.25) is 0 Å². The van der Waals surface area contributed by atoms with E-state index in [1.807, 2.05) is 0 Å². The first kappa shape index (κ1) is 10.1. The molecular weight excluding hydrogens is 144 g/mol. The lowest BCUT2D eigenvalue weighted by atomic mass is 9.73. The van der Waals surface area contributed by atoms with Crippen LogP contribution in [0.25, 0.3) is 0 Å². The van der Waals surface area contributed by atoms with E-state index in [2.05, 4.69) is 20.8 Å². The number of unbranched alkanes of at least 4 members (excludes halogenated alkanes) is 1. The molecule has 0 saturated heterocycles. The van der Waals surface area contributed by atoms with Gasteiger partial charge in [0, 0.05) is 0 Å². The van der Waals surface area contributed by atoms with Crippen LogP contribution in [0.4, 0.5) is 0 Å². The maximum Gasteiger partial charge on any atom is -0.0386 e. The van der Waals surface area contributed by atoms with Crippen molar-refractivity contribution >= 4 is 0 Å². The number of rotatable bonds is 3. The summed E-state index contributed by atoms with van der Waals surface area (Å²) in [6.07, 6.45) is 8.77. The summed E-state index contributed by atoms with van der Waals surface area (Å²) < 4.78 is 0. The Kier molecular flexibility index (Phi) is 4.11. The molecule has 1 aliphatic rings. The van der Waals surface area contributed by atoms with Gasteiger partial charge in [-0.2, -0.15) is 0 Å². The Hall–Kier alpha value is 0. The maximum absolute atomic E-state index is 2.45. The standard InChI is InChI=1S/C12H24/c1-4-5-6-12-9-10(2)7-8-11(12)3/h10-12H,4-9H2,1-3H3. The van der Waals surface area contributed by atoms with Crippen LogP contribution in [0.1, 0.15) is 59.3 Å². The van der Waals surface area contributed by atoms with Gasteiger partial charge < -0.3 is 0 Å². The van der Waals surface area contributed by atoms with E-state index in [-0.39, 0.29) is 0 Å². The highest BCUT2D eigenvalue weighted by molar-refractivity contribution is 4.75. The van der Waals surface area contributed by atoms with Crippen molar-refractivity contribution in [3.63, 3.8) is 0 Å². The first-order valence-electron chi connectivity index (χ1n) is 5.74. The highest BCUT2D eigenvalue weighted by Gasteiger charge is 2.24. The zero-order chi connectivity index (χ0) is 8.97. The van der Waals surface area contributed by atoms with Crippen molar-refractivity contribution in [3.05, 3.63) is 0 Å². The Balaban J connectivity index is 2.28. The van der Waals surface area contributed by atoms with Crippen molar-refractivity contribution in [1.82, 2.24) is 0 Å². The molecule has 0 heterocycles. The average molecular weight is 168 g/mol. The molecule has 0 radical (unpaired) electrons. The fraction of sp³-hybridized carbons (Fsp3) is 1.00. The molecule has 3 atom stereocenters. The molecule has 0 aromatic rings. The molecule has 72 valence electrons. The number of hydrogen-bond donors (Lipinski definition) is 0. The topological polar surface area (TPSA) is 0 Å². The molecule has 12 heavy (non-hydrogen) atoms. The largest absolute Gasteiger partial charge is 0.0654 e. The minimum atomic E-state index is 1.00. The molecule has 3 unspecified atom stereocenters. The van der Waals surface area contributed by atoms with E-state index in [4.69, 9.17) is 0 Å². The second-order valence-electron chi connectivity index (χ2n) is 4.80. The van der Waals surface area contributed by atoms with Gasteiger partial charge in [0.15, 0.2) is 0 Å². The van der Waals surface area contributed by atoms with Gasteiger partial charge in [-0.1, -0.05) is 52.9 Å². The van der Waals surface area contributed by atoms with Crippen LogP contribution in [-0.4, -0.2) is 0 Å². The smallest absolute Gasteiger partial charge is 0.0386 e. The van der Waals surface area contributed by atoms with E-state index >= 15 is 0 Å². The summed E-state index contributed by atoms with van der Waals surface area (Å²) in [6, 6.07) is 0. The lowest BCUT2D eigenvalue weighted by Crippen LogP contribution is -2.21. The first-order valence-corrected chi connectivity index (χ1v) is 5.74. The van der Waals surface area contributed by atoms with Crippen LogP contribution < -0.4 is 0 Å². The summed E-state index contributed by atoms with van der Waals surface area (Å²) in [6.45, 7) is 7.17. The van der Waals surface area contributed by atoms with Crippen LogP contribution in [0.3, 0.4) is 0 Å². The van der Waals surface area contributed by atoms with Gasteiger partial charge in [-0.25, -0.2) is 0 Å². The molecule has 0 N–H and O–H groups in total. The molecule has 0 spiro atoms. The van der Waals surface area contributed by atoms with Gasteiger partial charge in [-0.15, -0.1) is 0 Å². The summed E-state index contributed by atoms with van der Waals surface area (Å²) >= 11 is 0. The Morgan fingerprint density at radius 3 is 2.58 bits per heavy atom. The van der Waals surface area contributed by atoms with Gasteiger partial charge in [-0.05, 0) is 24.2 Å². The van der Waals surface area contributed by atoms with Gasteiger partial charge in [0.05, 0.1) is 0 Å². The predicted octanol–water partition coefficient (Wildman–Crippen LogP) is 4.25. The van der Waals surface area contributed by atoms with Gasteiger partial charge in [0.25, 0.3) is 0 Å². The molecule has 0 heteroatoms. The SMILES string of the molecule is CCCCC1CC(C)CCC1C. The summed E-state index contributed by atoms with van der Waals surface area (Å²) in [7, 11) is 0. The second-order valence-corrected chi connectivity index (χ2v) is 4.80. The van der Waals surface area contributed by atoms with Crippen molar-refractivity contribution in [2.75, 3.05) is 0 Å². The zero-order valence-corrected chi connectivity index (χ0v) is 8.97. The predicted molar refractivity (Wildman–Crippen MR) is 55.2 cm³/mol. The van der Waals surface area contributed by atoms with Gasteiger partial charge >= 0.3 is 0 Å². The van der Waals surface area contributed by atoms with Crippen molar-refractivity contribution in [1.29, 1.82) is 0 Å². The molecule has 1 saturated carbocycles. The van der Waals surface area contributed by atoms with Crippen molar-refractivity contribution in [3.8, 4) is 0 Å². The van der Waals surface area contributed by atoms with E-state index in [9.17, 15) is 0 Å². The molecule has 1 rings (SSSR count). The monoisotopic (exact) mass is 168 g/mol. The lowest BCUT2D eigenvalue weighted by molar-refractivity contribution is 0.190. The third kappa shape index (κ3) is 2.80. The van der Waals surface area contributed by atoms with Crippen molar-refractivity contribution in [2.24, 2.45) is 17.8 Å². The molecule has 0 amide bonds. The molecule has 0 aromatic carbocycles. The van der Waals surface area contributed by atoms with E-state index in [0.717, 1.165) is 17.8 Å². The van der Waals surface area contributed by atoms with Crippen LogP contribution in [0.5, 0.6) is 0 Å². The maximum atomic E-state index is 2.45. The number of hydrogen-bond acceptors (Lipinski definition) is 0. The highest BCUT2D eigenvalue weighted by atomic mass is 14.3. The third-order valence-electron chi connectivity index (χ3n) is 3.55.